The van der Waals surface area contributed by atoms with Crippen LogP contribution in [0.15, 0.2) is 29.6 Å². The molecule has 0 aliphatic carbocycles. The quantitative estimate of drug-likeness (QED) is 0.620. The van der Waals surface area contributed by atoms with Gasteiger partial charge in [-0.25, -0.2) is 4.98 Å². The molecule has 6 heteroatoms. The highest BCUT2D eigenvalue weighted by atomic mass is 32.1. The van der Waals surface area contributed by atoms with Crippen molar-refractivity contribution in [1.29, 1.82) is 0 Å². The number of nitrogens with zero attached hydrogens (tertiary/aromatic N) is 3. The summed E-state index contributed by atoms with van der Waals surface area (Å²) >= 11 is 1.51. The second-order valence-corrected chi connectivity index (χ2v) is 4.55. The Morgan fingerprint density at radius 2 is 2.18 bits per heavy atom. The number of aromatic nitrogens is 1. The Balaban J connectivity index is 2.38. The Kier molecular flexibility index (Phi) is 3.06. The van der Waals surface area contributed by atoms with Crippen molar-refractivity contribution in [2.45, 2.75) is 0 Å². The summed E-state index contributed by atoms with van der Waals surface area (Å²) in [4.78, 5) is 16.6. The first kappa shape index (κ1) is 11.5. The molecule has 0 fully saturated rings. The lowest BCUT2D eigenvalue weighted by atomic mass is 10.1. The van der Waals surface area contributed by atoms with E-state index in [-0.39, 0.29) is 5.69 Å². The van der Waals surface area contributed by atoms with Gasteiger partial charge in [-0.1, -0.05) is 12.1 Å². The molecular formula is C11H11N3O2S. The predicted octanol–water partition coefficient (Wildman–Crippen LogP) is 2.78. The second kappa shape index (κ2) is 4.50. The van der Waals surface area contributed by atoms with Crippen LogP contribution >= 0.6 is 11.3 Å². The average Bonchev–Trinajstić information content (AvgIpc) is 2.78. The average molecular weight is 249 g/mol. The van der Waals surface area contributed by atoms with E-state index in [0.717, 1.165) is 16.4 Å². The van der Waals surface area contributed by atoms with Crippen LogP contribution < -0.4 is 4.90 Å². The minimum absolute atomic E-state index is 0.0851. The minimum atomic E-state index is -0.400. The van der Waals surface area contributed by atoms with Gasteiger partial charge in [0, 0.05) is 37.2 Å². The van der Waals surface area contributed by atoms with Crippen LogP contribution in [-0.2, 0) is 0 Å². The first-order valence-electron chi connectivity index (χ1n) is 4.95. The number of hydrogen-bond acceptors (Lipinski definition) is 5. The van der Waals surface area contributed by atoms with Crippen LogP contribution in [0, 0.1) is 10.1 Å². The summed E-state index contributed by atoms with van der Waals surface area (Å²) in [5, 5.41) is 13.5. The summed E-state index contributed by atoms with van der Waals surface area (Å²) in [5.74, 6) is 0. The Bertz CT molecular complexity index is 551. The van der Waals surface area contributed by atoms with E-state index in [0.29, 0.717) is 0 Å². The van der Waals surface area contributed by atoms with Crippen LogP contribution in [0.2, 0.25) is 0 Å². The van der Waals surface area contributed by atoms with Gasteiger partial charge in [0.15, 0.2) is 5.13 Å². The number of nitro groups is 1. The maximum absolute atomic E-state index is 10.7. The third-order valence-corrected chi connectivity index (χ3v) is 3.24. The van der Waals surface area contributed by atoms with Gasteiger partial charge in [-0.3, -0.25) is 10.1 Å². The monoisotopic (exact) mass is 249 g/mol. The molecule has 0 bridgehead atoms. The van der Waals surface area contributed by atoms with Gasteiger partial charge in [-0.05, 0) is 0 Å². The largest absolute Gasteiger partial charge is 0.354 e. The molecule has 0 amide bonds. The van der Waals surface area contributed by atoms with Crippen molar-refractivity contribution >= 4 is 22.2 Å². The zero-order chi connectivity index (χ0) is 12.4. The number of non-ortho nitro benzene ring substituents is 1. The number of nitro benzene ring substituents is 1. The SMILES string of the molecule is CN(C)c1nc(-c2cccc([N+](=O)[O-])c2)cs1. The molecule has 2 aromatic rings. The molecule has 17 heavy (non-hydrogen) atoms. The first-order chi connectivity index (χ1) is 8.08. The molecule has 88 valence electrons. The van der Waals surface area contributed by atoms with E-state index < -0.39 is 4.92 Å². The Morgan fingerprint density at radius 3 is 2.76 bits per heavy atom. The van der Waals surface area contributed by atoms with Crippen molar-refractivity contribution in [2.75, 3.05) is 19.0 Å². The number of rotatable bonds is 3. The molecule has 1 aromatic heterocycles. The molecule has 0 aliphatic rings. The molecular weight excluding hydrogens is 238 g/mol. The van der Waals surface area contributed by atoms with Gasteiger partial charge in [-0.2, -0.15) is 0 Å². The number of anilines is 1. The first-order valence-corrected chi connectivity index (χ1v) is 5.83. The molecule has 1 heterocycles. The van der Waals surface area contributed by atoms with Gasteiger partial charge in [-0.15, -0.1) is 11.3 Å². The van der Waals surface area contributed by atoms with E-state index in [1.807, 2.05) is 30.4 Å². The minimum Gasteiger partial charge on any atom is -0.354 e. The standard InChI is InChI=1S/C11H11N3O2S/c1-13(2)11-12-10(7-17-11)8-4-3-5-9(6-8)14(15)16/h3-7H,1-2H3. The van der Waals surface area contributed by atoms with Gasteiger partial charge in [0.1, 0.15) is 0 Å². The molecule has 0 radical (unpaired) electrons. The van der Waals surface area contributed by atoms with Crippen LogP contribution in [0.5, 0.6) is 0 Å². The van der Waals surface area contributed by atoms with E-state index in [9.17, 15) is 10.1 Å². The van der Waals surface area contributed by atoms with E-state index in [2.05, 4.69) is 4.98 Å². The number of hydrogen-bond donors (Lipinski definition) is 0. The van der Waals surface area contributed by atoms with E-state index in [4.69, 9.17) is 0 Å². The third-order valence-electron chi connectivity index (χ3n) is 2.23. The van der Waals surface area contributed by atoms with Crippen LogP contribution in [0.3, 0.4) is 0 Å². The molecule has 0 spiro atoms. The van der Waals surface area contributed by atoms with Crippen LogP contribution in [-0.4, -0.2) is 24.0 Å². The lowest BCUT2D eigenvalue weighted by Crippen LogP contribution is -2.07. The Labute approximate surface area is 102 Å². The molecule has 0 saturated heterocycles. The van der Waals surface area contributed by atoms with Crippen LogP contribution in [0.4, 0.5) is 10.8 Å². The van der Waals surface area contributed by atoms with Crippen molar-refractivity contribution in [3.05, 3.63) is 39.8 Å². The second-order valence-electron chi connectivity index (χ2n) is 3.72. The lowest BCUT2D eigenvalue weighted by Gasteiger charge is -2.05. The zero-order valence-corrected chi connectivity index (χ0v) is 10.3. The van der Waals surface area contributed by atoms with Gasteiger partial charge in [0.2, 0.25) is 0 Å². The van der Waals surface area contributed by atoms with Gasteiger partial charge < -0.3 is 4.90 Å². The van der Waals surface area contributed by atoms with Crippen molar-refractivity contribution < 1.29 is 4.92 Å². The number of benzene rings is 1. The zero-order valence-electron chi connectivity index (χ0n) is 9.45. The molecule has 0 unspecified atom stereocenters. The summed E-state index contributed by atoms with van der Waals surface area (Å²) < 4.78 is 0. The molecule has 0 atom stereocenters. The predicted molar refractivity (Wildman–Crippen MR) is 68.5 cm³/mol. The molecule has 0 saturated carbocycles. The Morgan fingerprint density at radius 1 is 1.41 bits per heavy atom. The fraction of sp³-hybridized carbons (Fsp3) is 0.182. The molecule has 5 nitrogen and oxygen atoms in total. The van der Waals surface area contributed by atoms with Crippen molar-refractivity contribution in [2.24, 2.45) is 0 Å². The molecule has 1 aromatic carbocycles. The van der Waals surface area contributed by atoms with E-state index >= 15 is 0 Å². The molecule has 2 rings (SSSR count). The normalized spacial score (nSPS) is 10.2. The third kappa shape index (κ3) is 2.42. The summed E-state index contributed by atoms with van der Waals surface area (Å²) in [6, 6.07) is 6.50. The number of thiazole rings is 1. The topological polar surface area (TPSA) is 59.3 Å². The lowest BCUT2D eigenvalue weighted by molar-refractivity contribution is -0.384. The van der Waals surface area contributed by atoms with Crippen molar-refractivity contribution in [3.63, 3.8) is 0 Å². The highest BCUT2D eigenvalue weighted by Crippen LogP contribution is 2.28. The highest BCUT2D eigenvalue weighted by molar-refractivity contribution is 7.14. The van der Waals surface area contributed by atoms with Gasteiger partial charge >= 0.3 is 0 Å². The fourth-order valence-electron chi connectivity index (χ4n) is 1.38. The van der Waals surface area contributed by atoms with Crippen LogP contribution in [0.1, 0.15) is 0 Å². The van der Waals surface area contributed by atoms with Gasteiger partial charge in [0.05, 0.1) is 10.6 Å². The highest BCUT2D eigenvalue weighted by Gasteiger charge is 2.10. The van der Waals surface area contributed by atoms with Gasteiger partial charge in [0.25, 0.3) is 5.69 Å². The summed E-state index contributed by atoms with van der Waals surface area (Å²) in [6.45, 7) is 0. The fourth-order valence-corrected chi connectivity index (χ4v) is 2.15. The maximum atomic E-state index is 10.7. The molecule has 0 N–H and O–H groups in total. The van der Waals surface area contributed by atoms with E-state index in [1.54, 1.807) is 6.07 Å². The Hall–Kier alpha value is -1.95. The molecule has 0 aliphatic heterocycles. The summed E-state index contributed by atoms with van der Waals surface area (Å²) in [6.07, 6.45) is 0. The maximum Gasteiger partial charge on any atom is 0.270 e. The van der Waals surface area contributed by atoms with Crippen LogP contribution in [0.25, 0.3) is 11.3 Å². The summed E-state index contributed by atoms with van der Waals surface area (Å²) in [5.41, 5.74) is 1.62. The summed E-state index contributed by atoms with van der Waals surface area (Å²) in [7, 11) is 3.83. The van der Waals surface area contributed by atoms with Crippen molar-refractivity contribution in [3.8, 4) is 11.3 Å². The smallest absolute Gasteiger partial charge is 0.270 e. The van der Waals surface area contributed by atoms with E-state index in [1.165, 1.54) is 23.5 Å². The van der Waals surface area contributed by atoms with Crippen molar-refractivity contribution in [1.82, 2.24) is 4.98 Å².